The summed E-state index contributed by atoms with van der Waals surface area (Å²) in [5, 5.41) is 4.25. The third-order valence-electron chi connectivity index (χ3n) is 4.13. The highest BCUT2D eigenvalue weighted by atomic mass is 15.3. The maximum atomic E-state index is 6.06. The average molecular weight is 236 g/mol. The van der Waals surface area contributed by atoms with Gasteiger partial charge in [-0.1, -0.05) is 25.7 Å². The van der Waals surface area contributed by atoms with Gasteiger partial charge in [0.1, 0.15) is 12.2 Å². The van der Waals surface area contributed by atoms with E-state index in [0.29, 0.717) is 0 Å². The van der Waals surface area contributed by atoms with Crippen molar-refractivity contribution in [2.24, 2.45) is 11.1 Å². The lowest BCUT2D eigenvalue weighted by molar-refractivity contribution is 0.243. The molecule has 0 unspecified atom stereocenters. The molecule has 1 aromatic rings. The number of nitrogens with two attached hydrogens (primary N) is 1. The fourth-order valence-corrected chi connectivity index (χ4v) is 2.96. The standard InChI is InChI=1S/C13H24N4/c1-2-17-12(15-11-16-17)9-13(10-14)7-5-3-4-6-8-13/h11H,2-10,14H2,1H3. The second kappa shape index (κ2) is 5.63. The first kappa shape index (κ1) is 12.6. The number of hydrogen-bond donors (Lipinski definition) is 1. The van der Waals surface area contributed by atoms with Gasteiger partial charge in [-0.25, -0.2) is 4.98 Å². The lowest BCUT2D eigenvalue weighted by Crippen LogP contribution is -2.33. The van der Waals surface area contributed by atoms with Crippen molar-refractivity contribution in [3.05, 3.63) is 12.2 Å². The first-order valence-electron chi connectivity index (χ1n) is 6.86. The summed E-state index contributed by atoms with van der Waals surface area (Å²) in [5.74, 6) is 1.11. The maximum absolute atomic E-state index is 6.06. The van der Waals surface area contributed by atoms with E-state index in [0.717, 1.165) is 25.3 Å². The van der Waals surface area contributed by atoms with Crippen LogP contribution in [-0.4, -0.2) is 21.3 Å². The molecule has 17 heavy (non-hydrogen) atoms. The zero-order valence-corrected chi connectivity index (χ0v) is 10.9. The molecule has 1 fully saturated rings. The van der Waals surface area contributed by atoms with Gasteiger partial charge in [0.05, 0.1) is 0 Å². The Labute approximate surface area is 104 Å². The summed E-state index contributed by atoms with van der Waals surface area (Å²) >= 11 is 0. The quantitative estimate of drug-likeness (QED) is 0.815. The summed E-state index contributed by atoms with van der Waals surface area (Å²) in [7, 11) is 0. The predicted molar refractivity (Wildman–Crippen MR) is 68.6 cm³/mol. The molecule has 1 aliphatic carbocycles. The predicted octanol–water partition coefficient (Wildman–Crippen LogP) is 2.14. The minimum atomic E-state index is 0.274. The molecule has 96 valence electrons. The molecule has 1 saturated carbocycles. The number of rotatable bonds is 4. The van der Waals surface area contributed by atoms with Gasteiger partial charge in [0.2, 0.25) is 0 Å². The lowest BCUT2D eigenvalue weighted by atomic mass is 9.77. The van der Waals surface area contributed by atoms with Gasteiger partial charge in [0, 0.05) is 13.0 Å². The molecule has 0 aromatic carbocycles. The van der Waals surface area contributed by atoms with Gasteiger partial charge in [0.25, 0.3) is 0 Å². The lowest BCUT2D eigenvalue weighted by Gasteiger charge is -2.31. The largest absolute Gasteiger partial charge is 0.330 e. The number of aryl methyl sites for hydroxylation is 1. The molecule has 1 aromatic heterocycles. The second-order valence-electron chi connectivity index (χ2n) is 5.29. The summed E-state index contributed by atoms with van der Waals surface area (Å²) in [6.07, 6.45) is 10.5. The summed E-state index contributed by atoms with van der Waals surface area (Å²) in [5.41, 5.74) is 6.33. The Morgan fingerprint density at radius 2 is 2.00 bits per heavy atom. The third kappa shape index (κ3) is 2.86. The summed E-state index contributed by atoms with van der Waals surface area (Å²) in [4.78, 5) is 4.40. The van der Waals surface area contributed by atoms with Gasteiger partial charge in [-0.05, 0) is 31.7 Å². The minimum Gasteiger partial charge on any atom is -0.330 e. The van der Waals surface area contributed by atoms with E-state index in [1.807, 2.05) is 4.68 Å². The molecule has 4 heteroatoms. The molecule has 0 aliphatic heterocycles. The van der Waals surface area contributed by atoms with Crippen molar-refractivity contribution < 1.29 is 0 Å². The number of hydrogen-bond acceptors (Lipinski definition) is 3. The van der Waals surface area contributed by atoms with Crippen LogP contribution >= 0.6 is 0 Å². The zero-order chi connectivity index (χ0) is 12.1. The van der Waals surface area contributed by atoms with Crippen LogP contribution in [0, 0.1) is 5.41 Å². The Bertz CT molecular complexity index is 337. The van der Waals surface area contributed by atoms with Crippen molar-refractivity contribution in [3.8, 4) is 0 Å². The minimum absolute atomic E-state index is 0.274. The molecule has 0 saturated heterocycles. The van der Waals surface area contributed by atoms with Gasteiger partial charge >= 0.3 is 0 Å². The van der Waals surface area contributed by atoms with Crippen LogP contribution in [0.2, 0.25) is 0 Å². The van der Waals surface area contributed by atoms with E-state index >= 15 is 0 Å². The Hall–Kier alpha value is -0.900. The smallest absolute Gasteiger partial charge is 0.138 e. The van der Waals surface area contributed by atoms with Gasteiger partial charge in [-0.15, -0.1) is 0 Å². The van der Waals surface area contributed by atoms with Crippen LogP contribution in [0.15, 0.2) is 6.33 Å². The van der Waals surface area contributed by atoms with Crippen molar-refractivity contribution in [2.75, 3.05) is 6.54 Å². The average Bonchev–Trinajstić information content (AvgIpc) is 2.66. The number of nitrogens with zero attached hydrogens (tertiary/aromatic N) is 3. The molecule has 0 radical (unpaired) electrons. The SMILES string of the molecule is CCn1ncnc1CC1(CN)CCCCCC1. The molecular formula is C13H24N4. The molecule has 1 heterocycles. The van der Waals surface area contributed by atoms with Crippen molar-refractivity contribution in [2.45, 2.75) is 58.4 Å². The van der Waals surface area contributed by atoms with Crippen molar-refractivity contribution in [3.63, 3.8) is 0 Å². The first-order chi connectivity index (χ1) is 8.29. The molecular weight excluding hydrogens is 212 g/mol. The fraction of sp³-hybridized carbons (Fsp3) is 0.846. The van der Waals surface area contributed by atoms with Crippen molar-refractivity contribution in [1.82, 2.24) is 14.8 Å². The molecule has 0 amide bonds. The number of aromatic nitrogens is 3. The van der Waals surface area contributed by atoms with E-state index in [1.165, 1.54) is 38.5 Å². The normalized spacial score (nSPS) is 20.1. The highest BCUT2D eigenvalue weighted by Gasteiger charge is 2.31. The Morgan fingerprint density at radius 3 is 2.59 bits per heavy atom. The Kier molecular flexibility index (Phi) is 4.15. The van der Waals surface area contributed by atoms with Crippen LogP contribution in [0.4, 0.5) is 0 Å². The molecule has 0 spiro atoms. The van der Waals surface area contributed by atoms with E-state index in [2.05, 4.69) is 17.0 Å². The summed E-state index contributed by atoms with van der Waals surface area (Å²) in [6, 6.07) is 0. The molecule has 0 atom stereocenters. The Balaban J connectivity index is 2.12. The topological polar surface area (TPSA) is 56.7 Å². The highest BCUT2D eigenvalue weighted by Crippen LogP contribution is 2.36. The molecule has 2 N–H and O–H groups in total. The van der Waals surface area contributed by atoms with Crippen LogP contribution in [-0.2, 0) is 13.0 Å². The first-order valence-corrected chi connectivity index (χ1v) is 6.86. The van der Waals surface area contributed by atoms with Gasteiger partial charge in [-0.3, -0.25) is 4.68 Å². The van der Waals surface area contributed by atoms with Crippen molar-refractivity contribution in [1.29, 1.82) is 0 Å². The van der Waals surface area contributed by atoms with Gasteiger partial charge in [-0.2, -0.15) is 5.10 Å². The van der Waals surface area contributed by atoms with Crippen LogP contribution < -0.4 is 5.73 Å². The van der Waals surface area contributed by atoms with Crippen LogP contribution in [0.5, 0.6) is 0 Å². The second-order valence-corrected chi connectivity index (χ2v) is 5.29. The van der Waals surface area contributed by atoms with E-state index in [1.54, 1.807) is 6.33 Å². The monoisotopic (exact) mass is 236 g/mol. The third-order valence-corrected chi connectivity index (χ3v) is 4.13. The van der Waals surface area contributed by atoms with E-state index in [4.69, 9.17) is 5.73 Å². The van der Waals surface area contributed by atoms with Crippen LogP contribution in [0.1, 0.15) is 51.3 Å². The molecule has 0 bridgehead atoms. The molecule has 2 rings (SSSR count). The van der Waals surface area contributed by atoms with Crippen molar-refractivity contribution >= 4 is 0 Å². The van der Waals surface area contributed by atoms with Crippen LogP contribution in [0.25, 0.3) is 0 Å². The summed E-state index contributed by atoms with van der Waals surface area (Å²) < 4.78 is 2.00. The molecule has 4 nitrogen and oxygen atoms in total. The highest BCUT2D eigenvalue weighted by molar-refractivity contribution is 4.95. The van der Waals surface area contributed by atoms with Crippen LogP contribution in [0.3, 0.4) is 0 Å². The fourth-order valence-electron chi connectivity index (χ4n) is 2.96. The zero-order valence-electron chi connectivity index (χ0n) is 10.9. The van der Waals surface area contributed by atoms with E-state index in [9.17, 15) is 0 Å². The maximum Gasteiger partial charge on any atom is 0.138 e. The van der Waals surface area contributed by atoms with Gasteiger partial charge < -0.3 is 5.73 Å². The van der Waals surface area contributed by atoms with Gasteiger partial charge in [0.15, 0.2) is 0 Å². The van der Waals surface area contributed by atoms with E-state index < -0.39 is 0 Å². The summed E-state index contributed by atoms with van der Waals surface area (Å²) in [6.45, 7) is 3.79. The van der Waals surface area contributed by atoms with E-state index in [-0.39, 0.29) is 5.41 Å². The Morgan fingerprint density at radius 1 is 1.29 bits per heavy atom. The molecule has 1 aliphatic rings.